The summed E-state index contributed by atoms with van der Waals surface area (Å²) in [5.74, 6) is -4.78. The Morgan fingerprint density at radius 2 is 1.00 bits per heavy atom. The number of carbonyl (C=O) groups is 5. The van der Waals surface area contributed by atoms with E-state index < -0.39 is 36.4 Å². The van der Waals surface area contributed by atoms with Gasteiger partial charge in [-0.1, -0.05) is 0 Å². The maximum Gasteiger partial charge on any atom is 0.314 e. The van der Waals surface area contributed by atoms with E-state index in [0.717, 1.165) is 0 Å². The van der Waals surface area contributed by atoms with Crippen molar-refractivity contribution >= 4 is 30.3 Å². The van der Waals surface area contributed by atoms with Gasteiger partial charge in [0.1, 0.15) is 12.5 Å². The third-order valence-electron chi connectivity index (χ3n) is 1.28. The second-order valence-corrected chi connectivity index (χ2v) is 3.38. The summed E-state index contributed by atoms with van der Waals surface area (Å²) < 4.78 is 0. The van der Waals surface area contributed by atoms with Gasteiger partial charge in [-0.15, -0.1) is 0 Å². The Bertz CT molecular complexity index is 335. The van der Waals surface area contributed by atoms with Crippen molar-refractivity contribution in [2.45, 2.75) is 25.4 Å². The van der Waals surface area contributed by atoms with E-state index >= 15 is 0 Å². The summed E-state index contributed by atoms with van der Waals surface area (Å²) in [6, 6.07) is 0. The van der Waals surface area contributed by atoms with Crippen molar-refractivity contribution in [3.8, 4) is 0 Å². The fourth-order valence-electron chi connectivity index (χ4n) is 0.401. The molecule has 8 N–H and O–H groups in total. The highest BCUT2D eigenvalue weighted by molar-refractivity contribution is 5.88. The highest BCUT2D eigenvalue weighted by Gasteiger charge is 2.01. The van der Waals surface area contributed by atoms with Crippen molar-refractivity contribution < 1.29 is 64.8 Å². The molecule has 0 amide bonds. The molecule has 0 unspecified atom stereocenters. The summed E-state index contributed by atoms with van der Waals surface area (Å²) in [5.41, 5.74) is 0. The molecule has 0 spiro atoms. The van der Waals surface area contributed by atoms with Gasteiger partial charge in [-0.05, 0) is 0 Å². The first-order chi connectivity index (χ1) is 11.0. The Balaban J connectivity index is -0.000000116. The van der Waals surface area contributed by atoms with Crippen LogP contribution < -0.4 is 0 Å². The van der Waals surface area contributed by atoms with E-state index in [1.807, 2.05) is 0 Å². The SMILES string of the molecule is O=C(O)CC(=O)O.O=C(O)CCC(=O)O.O=CO.OCC(O)CO. The molecule has 0 aliphatic heterocycles. The van der Waals surface area contributed by atoms with Crippen LogP contribution in [0, 0.1) is 0 Å². The zero-order valence-corrected chi connectivity index (χ0v) is 12.3. The Hall–Kier alpha value is -2.77. The molecule has 0 atom stereocenters. The van der Waals surface area contributed by atoms with Gasteiger partial charge < -0.3 is 40.9 Å². The Labute approximate surface area is 135 Å². The van der Waals surface area contributed by atoms with Crippen molar-refractivity contribution in [1.82, 2.24) is 0 Å². The van der Waals surface area contributed by atoms with Gasteiger partial charge in [0.05, 0.1) is 26.1 Å². The zero-order valence-electron chi connectivity index (χ0n) is 12.3. The van der Waals surface area contributed by atoms with Crippen LogP contribution in [0.25, 0.3) is 0 Å². The molecule has 0 bridgehead atoms. The predicted octanol–water partition coefficient (Wildman–Crippen LogP) is -2.49. The minimum Gasteiger partial charge on any atom is -0.483 e. The summed E-state index contributed by atoms with van der Waals surface area (Å²) in [5, 5.41) is 62.1. The largest absolute Gasteiger partial charge is 0.483 e. The van der Waals surface area contributed by atoms with Crippen LogP contribution in [0.2, 0.25) is 0 Å². The molecule has 0 aromatic heterocycles. The normalized spacial score (nSPS) is 8.17. The van der Waals surface area contributed by atoms with E-state index in [1.54, 1.807) is 0 Å². The monoisotopic (exact) mass is 360 g/mol. The third kappa shape index (κ3) is 61.1. The van der Waals surface area contributed by atoms with E-state index in [-0.39, 0.29) is 32.5 Å². The summed E-state index contributed by atoms with van der Waals surface area (Å²) in [4.78, 5) is 46.5. The van der Waals surface area contributed by atoms with Gasteiger partial charge in [-0.2, -0.15) is 0 Å². The molecule has 142 valence electrons. The van der Waals surface area contributed by atoms with Crippen LogP contribution in [0.5, 0.6) is 0 Å². The number of rotatable bonds is 7. The first-order valence-electron chi connectivity index (χ1n) is 5.83. The topological polar surface area (TPSA) is 247 Å². The van der Waals surface area contributed by atoms with E-state index in [4.69, 9.17) is 45.6 Å². The minimum absolute atomic E-state index is 0.250. The highest BCUT2D eigenvalue weighted by atomic mass is 16.4. The van der Waals surface area contributed by atoms with Crippen molar-refractivity contribution in [3.05, 3.63) is 0 Å². The smallest absolute Gasteiger partial charge is 0.314 e. The van der Waals surface area contributed by atoms with Crippen LogP contribution in [0.1, 0.15) is 19.3 Å². The van der Waals surface area contributed by atoms with E-state index in [0.29, 0.717) is 0 Å². The molecule has 0 fully saturated rings. The predicted molar refractivity (Wildman–Crippen MR) is 73.3 cm³/mol. The van der Waals surface area contributed by atoms with E-state index in [1.165, 1.54) is 0 Å². The number of hydrogen-bond donors (Lipinski definition) is 8. The first-order valence-corrected chi connectivity index (χ1v) is 5.83. The van der Waals surface area contributed by atoms with E-state index in [9.17, 15) is 19.2 Å². The maximum atomic E-state index is 9.64. The van der Waals surface area contributed by atoms with Crippen LogP contribution in [0.4, 0.5) is 0 Å². The van der Waals surface area contributed by atoms with Crippen LogP contribution in [0.3, 0.4) is 0 Å². The second kappa shape index (κ2) is 22.5. The van der Waals surface area contributed by atoms with Crippen LogP contribution >= 0.6 is 0 Å². The van der Waals surface area contributed by atoms with Gasteiger partial charge in [-0.3, -0.25) is 24.0 Å². The lowest BCUT2D eigenvalue weighted by molar-refractivity contribution is -0.147. The molecule has 0 aromatic carbocycles. The van der Waals surface area contributed by atoms with Gasteiger partial charge in [0, 0.05) is 0 Å². The summed E-state index contributed by atoms with van der Waals surface area (Å²) in [7, 11) is 0. The highest BCUT2D eigenvalue weighted by Crippen LogP contribution is 1.86. The van der Waals surface area contributed by atoms with Crippen molar-refractivity contribution in [2.75, 3.05) is 13.2 Å². The number of carboxylic acids is 4. The fourth-order valence-corrected chi connectivity index (χ4v) is 0.401. The number of carboxylic acid groups (broad SMARTS) is 5. The molecule has 13 heteroatoms. The molecule has 0 saturated heterocycles. The Morgan fingerprint density at radius 3 is 1.04 bits per heavy atom. The van der Waals surface area contributed by atoms with Crippen LogP contribution in [-0.2, 0) is 24.0 Å². The number of aliphatic carboxylic acids is 4. The molecular formula is C11H20O13. The molecule has 0 radical (unpaired) electrons. The van der Waals surface area contributed by atoms with Crippen LogP contribution in [0.15, 0.2) is 0 Å². The standard InChI is InChI=1S/C4H6O4.C3H4O4.C3H8O3.CH2O2/c5-3(6)1-2-4(7)8;4-2(5)1-3(6)7;4-1-3(6)2-5;2-1-3/h1-2H2,(H,5,6)(H,7,8);1H2,(H,4,5)(H,6,7);3-6H,1-2H2;1H,(H,2,3). The second-order valence-electron chi connectivity index (χ2n) is 3.38. The first kappa shape index (κ1) is 29.3. The molecule has 0 aromatic rings. The lowest BCUT2D eigenvalue weighted by Gasteiger charge is -1.96. The average molecular weight is 360 g/mol. The number of aliphatic hydroxyl groups excluding tert-OH is 3. The molecule has 0 heterocycles. The van der Waals surface area contributed by atoms with E-state index in [2.05, 4.69) is 0 Å². The minimum atomic E-state index is -1.31. The van der Waals surface area contributed by atoms with Crippen molar-refractivity contribution in [2.24, 2.45) is 0 Å². The summed E-state index contributed by atoms with van der Waals surface area (Å²) >= 11 is 0. The van der Waals surface area contributed by atoms with Gasteiger partial charge in [0.25, 0.3) is 6.47 Å². The van der Waals surface area contributed by atoms with Gasteiger partial charge >= 0.3 is 23.9 Å². The quantitative estimate of drug-likeness (QED) is 0.173. The lowest BCUT2D eigenvalue weighted by Crippen LogP contribution is -2.15. The fraction of sp³-hybridized carbons (Fsp3) is 0.545. The zero-order chi connectivity index (χ0) is 20.1. The average Bonchev–Trinajstić information content (AvgIpc) is 2.45. The molecule has 24 heavy (non-hydrogen) atoms. The molecule has 0 aliphatic rings. The summed E-state index contributed by atoms with van der Waals surface area (Å²) in [6.07, 6.45) is -2.35. The molecule has 0 rings (SSSR count). The van der Waals surface area contributed by atoms with Gasteiger partial charge in [-0.25, -0.2) is 0 Å². The Kier molecular flexibility index (Phi) is 27.4. The molecule has 13 nitrogen and oxygen atoms in total. The van der Waals surface area contributed by atoms with Crippen LogP contribution in [-0.4, -0.2) is 90.5 Å². The number of hydrogen-bond acceptors (Lipinski definition) is 8. The van der Waals surface area contributed by atoms with Gasteiger partial charge in [0.15, 0.2) is 0 Å². The molecule has 0 saturated carbocycles. The molecular weight excluding hydrogens is 340 g/mol. The molecule has 0 aliphatic carbocycles. The summed E-state index contributed by atoms with van der Waals surface area (Å²) in [6.45, 7) is -0.979. The van der Waals surface area contributed by atoms with Gasteiger partial charge in [0.2, 0.25) is 0 Å². The Morgan fingerprint density at radius 1 is 0.750 bits per heavy atom. The van der Waals surface area contributed by atoms with Crippen molar-refractivity contribution in [1.29, 1.82) is 0 Å². The number of aliphatic hydroxyl groups is 3. The van der Waals surface area contributed by atoms with Crippen molar-refractivity contribution in [3.63, 3.8) is 0 Å². The third-order valence-corrected chi connectivity index (χ3v) is 1.28. The lowest BCUT2D eigenvalue weighted by atomic mass is 10.3. The maximum absolute atomic E-state index is 9.64.